The van der Waals surface area contributed by atoms with Crippen LogP contribution in [0.2, 0.25) is 0 Å². The number of unbranched alkanes of at least 4 members (excludes halogenated alkanes) is 6. The second-order valence-electron chi connectivity index (χ2n) is 7.67. The zero-order valence-corrected chi connectivity index (χ0v) is 16.2. The molecule has 0 aliphatic carbocycles. The lowest BCUT2D eigenvalue weighted by atomic mass is 9.92. The molecule has 4 nitrogen and oxygen atoms in total. The predicted octanol–water partition coefficient (Wildman–Crippen LogP) is 5.48. The third-order valence-corrected chi connectivity index (χ3v) is 5.89. The van der Waals surface area contributed by atoms with Gasteiger partial charge in [-0.3, -0.25) is 4.90 Å². The highest BCUT2D eigenvalue weighted by molar-refractivity contribution is 5.69. The highest BCUT2D eigenvalue weighted by Crippen LogP contribution is 2.47. The van der Waals surface area contributed by atoms with E-state index in [1.165, 1.54) is 52.1 Å². The Morgan fingerprint density at radius 2 is 1.81 bits per heavy atom. The first-order valence-electron chi connectivity index (χ1n) is 10.3. The fourth-order valence-electron chi connectivity index (χ4n) is 4.49. The Hall–Kier alpha value is -1.55. The van der Waals surface area contributed by atoms with E-state index in [1.807, 2.05) is 23.1 Å². The summed E-state index contributed by atoms with van der Waals surface area (Å²) in [6, 6.07) is 10.6. The number of fused-ring (bicyclic) bond motifs is 1. The van der Waals surface area contributed by atoms with Gasteiger partial charge in [-0.2, -0.15) is 0 Å². The molecule has 0 saturated carbocycles. The molecule has 2 aliphatic heterocycles. The molecule has 0 aromatic heterocycles. The number of benzene rings is 1. The summed E-state index contributed by atoms with van der Waals surface area (Å²) in [6.45, 7) is 2.25. The number of amides is 1. The fourth-order valence-corrected chi connectivity index (χ4v) is 4.49. The zero-order chi connectivity index (χ0) is 18.4. The van der Waals surface area contributed by atoms with Crippen molar-refractivity contribution in [2.24, 2.45) is 0 Å². The molecule has 3 rings (SSSR count). The van der Waals surface area contributed by atoms with E-state index in [0.29, 0.717) is 0 Å². The van der Waals surface area contributed by atoms with Crippen LogP contribution < -0.4 is 0 Å². The van der Waals surface area contributed by atoms with E-state index in [0.717, 1.165) is 18.4 Å². The summed E-state index contributed by atoms with van der Waals surface area (Å²) in [5.74, 6) is 0. The van der Waals surface area contributed by atoms with Crippen molar-refractivity contribution in [3.05, 3.63) is 35.9 Å². The summed E-state index contributed by atoms with van der Waals surface area (Å²) in [5.41, 5.74) is 1.15. The van der Waals surface area contributed by atoms with Gasteiger partial charge in [0, 0.05) is 6.04 Å². The maximum absolute atomic E-state index is 12.4. The van der Waals surface area contributed by atoms with Crippen molar-refractivity contribution in [1.29, 1.82) is 0 Å². The molecule has 144 valence electrons. The summed E-state index contributed by atoms with van der Waals surface area (Å²) in [7, 11) is 1.48. The average molecular weight is 360 g/mol. The Bertz CT molecular complexity index is 562. The number of ether oxygens (including phenoxy) is 2. The molecule has 1 aromatic carbocycles. The predicted molar refractivity (Wildman–Crippen MR) is 103 cm³/mol. The smallest absolute Gasteiger partial charge is 0.410 e. The molecule has 4 heteroatoms. The van der Waals surface area contributed by atoms with Crippen LogP contribution in [0.3, 0.4) is 0 Å². The van der Waals surface area contributed by atoms with Gasteiger partial charge in [-0.15, -0.1) is 0 Å². The van der Waals surface area contributed by atoms with Gasteiger partial charge < -0.3 is 9.47 Å². The summed E-state index contributed by atoms with van der Waals surface area (Å²) in [5, 5.41) is 0. The molecule has 2 saturated heterocycles. The summed E-state index contributed by atoms with van der Waals surface area (Å²) < 4.78 is 11.2. The van der Waals surface area contributed by atoms with Crippen LogP contribution in [0.1, 0.15) is 76.4 Å². The van der Waals surface area contributed by atoms with Crippen molar-refractivity contribution in [3.8, 4) is 0 Å². The minimum absolute atomic E-state index is 0.0145. The lowest BCUT2D eigenvalue weighted by molar-refractivity contribution is -0.162. The summed E-state index contributed by atoms with van der Waals surface area (Å²) in [6.07, 6.45) is 11.0. The van der Waals surface area contributed by atoms with Crippen LogP contribution in [-0.2, 0) is 9.47 Å². The first kappa shape index (κ1) is 19.2. The van der Waals surface area contributed by atoms with Gasteiger partial charge >= 0.3 is 6.09 Å². The van der Waals surface area contributed by atoms with Gasteiger partial charge in [-0.1, -0.05) is 82.2 Å². The average Bonchev–Trinajstić information content (AvgIpc) is 2.93. The minimum atomic E-state index is -0.199. The lowest BCUT2D eigenvalue weighted by Crippen LogP contribution is -2.54. The van der Waals surface area contributed by atoms with Gasteiger partial charge in [-0.25, -0.2) is 4.79 Å². The zero-order valence-electron chi connectivity index (χ0n) is 16.2. The number of carbonyl (C=O) groups excluding carboxylic acids is 1. The molecule has 2 heterocycles. The highest BCUT2D eigenvalue weighted by Gasteiger charge is 2.56. The van der Waals surface area contributed by atoms with E-state index in [9.17, 15) is 4.79 Å². The number of rotatable bonds is 9. The van der Waals surface area contributed by atoms with Gasteiger partial charge in [0.25, 0.3) is 0 Å². The number of hydrogen-bond acceptors (Lipinski definition) is 3. The molecule has 0 spiro atoms. The minimum Gasteiger partial charge on any atom is -0.453 e. The molecule has 2 fully saturated rings. The largest absolute Gasteiger partial charge is 0.453 e. The SMILES string of the molecule is CCCCCCCCC[C@@H]1C[C@H]2O[C@@H](c3ccccc3)[C@H]2N1C(=O)OC. The van der Waals surface area contributed by atoms with E-state index in [4.69, 9.17) is 9.47 Å². The van der Waals surface area contributed by atoms with Crippen molar-refractivity contribution in [1.82, 2.24) is 4.90 Å². The Kier molecular flexibility index (Phi) is 6.95. The number of carbonyl (C=O) groups is 1. The first-order chi connectivity index (χ1) is 12.8. The van der Waals surface area contributed by atoms with Crippen LogP contribution in [-0.4, -0.2) is 36.3 Å². The van der Waals surface area contributed by atoms with Crippen LogP contribution >= 0.6 is 0 Å². The quantitative estimate of drug-likeness (QED) is 0.548. The van der Waals surface area contributed by atoms with Crippen molar-refractivity contribution in [2.45, 2.75) is 89.0 Å². The van der Waals surface area contributed by atoms with Gasteiger partial charge in [0.15, 0.2) is 0 Å². The van der Waals surface area contributed by atoms with E-state index in [2.05, 4.69) is 19.1 Å². The van der Waals surface area contributed by atoms with Crippen molar-refractivity contribution in [2.75, 3.05) is 7.11 Å². The Labute approximate surface area is 157 Å². The highest BCUT2D eigenvalue weighted by atomic mass is 16.6. The molecule has 26 heavy (non-hydrogen) atoms. The molecule has 0 radical (unpaired) electrons. The number of hydrogen-bond donors (Lipinski definition) is 0. The van der Waals surface area contributed by atoms with E-state index >= 15 is 0 Å². The second kappa shape index (κ2) is 9.40. The maximum Gasteiger partial charge on any atom is 0.410 e. The van der Waals surface area contributed by atoms with Crippen LogP contribution in [0.15, 0.2) is 30.3 Å². The Balaban J connectivity index is 1.53. The maximum atomic E-state index is 12.4. The third-order valence-electron chi connectivity index (χ3n) is 5.89. The van der Waals surface area contributed by atoms with Crippen molar-refractivity contribution in [3.63, 3.8) is 0 Å². The fraction of sp³-hybridized carbons (Fsp3) is 0.682. The summed E-state index contributed by atoms with van der Waals surface area (Å²) in [4.78, 5) is 14.4. The van der Waals surface area contributed by atoms with Gasteiger partial charge in [-0.05, 0) is 18.4 Å². The molecule has 0 unspecified atom stereocenters. The summed E-state index contributed by atoms with van der Waals surface area (Å²) >= 11 is 0. The second-order valence-corrected chi connectivity index (χ2v) is 7.67. The van der Waals surface area contributed by atoms with E-state index < -0.39 is 0 Å². The number of nitrogens with zero attached hydrogens (tertiary/aromatic N) is 1. The molecule has 4 atom stereocenters. The van der Waals surface area contributed by atoms with Crippen molar-refractivity contribution < 1.29 is 14.3 Å². The third kappa shape index (κ3) is 4.22. The molecular weight excluding hydrogens is 326 g/mol. The normalized spacial score (nSPS) is 27.1. The Morgan fingerprint density at radius 3 is 2.50 bits per heavy atom. The van der Waals surface area contributed by atoms with Gasteiger partial charge in [0.05, 0.1) is 19.3 Å². The number of likely N-dealkylation sites (tertiary alicyclic amines) is 1. The van der Waals surface area contributed by atoms with Crippen LogP contribution in [0.4, 0.5) is 4.79 Å². The first-order valence-corrected chi connectivity index (χ1v) is 10.3. The van der Waals surface area contributed by atoms with Gasteiger partial charge in [0.2, 0.25) is 0 Å². The molecule has 1 amide bonds. The van der Waals surface area contributed by atoms with Gasteiger partial charge in [0.1, 0.15) is 6.10 Å². The molecular formula is C22H33NO3. The monoisotopic (exact) mass is 359 g/mol. The van der Waals surface area contributed by atoms with Crippen LogP contribution in [0, 0.1) is 0 Å². The van der Waals surface area contributed by atoms with Crippen LogP contribution in [0.5, 0.6) is 0 Å². The Morgan fingerprint density at radius 1 is 1.12 bits per heavy atom. The standard InChI is InChI=1S/C22H33NO3/c1-3-4-5-6-7-8-12-15-18-16-19-20(23(18)22(24)25-2)21(26-19)17-13-10-9-11-14-17/h9-11,13-14,18-21H,3-8,12,15-16H2,1-2H3/t18-,19-,20+,21+/m1/s1. The van der Waals surface area contributed by atoms with Crippen molar-refractivity contribution >= 4 is 6.09 Å². The lowest BCUT2D eigenvalue weighted by Gasteiger charge is -2.44. The van der Waals surface area contributed by atoms with Crippen LogP contribution in [0.25, 0.3) is 0 Å². The number of methoxy groups -OCH3 is 1. The molecule has 1 aromatic rings. The van der Waals surface area contributed by atoms with E-state index in [-0.39, 0.29) is 30.4 Å². The molecule has 0 N–H and O–H groups in total. The molecule has 2 aliphatic rings. The topological polar surface area (TPSA) is 38.8 Å². The van der Waals surface area contributed by atoms with E-state index in [1.54, 1.807) is 0 Å². The molecule has 0 bridgehead atoms.